The Balaban J connectivity index is 2.02. The van der Waals surface area contributed by atoms with Gasteiger partial charge in [0.15, 0.2) is 0 Å². The zero-order valence-corrected chi connectivity index (χ0v) is 13.0. The summed E-state index contributed by atoms with van der Waals surface area (Å²) in [6.45, 7) is 1.54. The van der Waals surface area contributed by atoms with Crippen molar-refractivity contribution < 1.29 is 17.9 Å². The number of nitrogens with zero attached hydrogens (tertiary/aromatic N) is 2. The molecule has 1 aliphatic heterocycles. The number of morpholine rings is 1. The fourth-order valence-corrected chi connectivity index (χ4v) is 3.95. The van der Waals surface area contributed by atoms with E-state index in [-0.39, 0.29) is 17.2 Å². The maximum atomic E-state index is 12.4. The van der Waals surface area contributed by atoms with Crippen LogP contribution in [0.15, 0.2) is 28.3 Å². The van der Waals surface area contributed by atoms with Gasteiger partial charge in [-0.15, -0.1) is 11.8 Å². The monoisotopic (exact) mass is 331 g/mol. The van der Waals surface area contributed by atoms with E-state index in [1.54, 1.807) is 6.07 Å². The molecule has 2 heterocycles. The normalized spacial score (nSPS) is 16.8. The van der Waals surface area contributed by atoms with Crippen LogP contribution in [-0.2, 0) is 19.6 Å². The van der Waals surface area contributed by atoms with Crippen LogP contribution in [0.4, 0.5) is 0 Å². The Hall–Kier alpha value is -1.16. The minimum Gasteiger partial charge on any atom is -0.379 e. The number of hydrogen-bond acceptors (Lipinski definition) is 6. The van der Waals surface area contributed by atoms with E-state index in [4.69, 9.17) is 10.5 Å². The van der Waals surface area contributed by atoms with Crippen molar-refractivity contribution in [1.29, 1.82) is 0 Å². The maximum absolute atomic E-state index is 12.4. The molecule has 0 radical (unpaired) electrons. The molecule has 0 aliphatic carbocycles. The van der Waals surface area contributed by atoms with Crippen LogP contribution in [0.25, 0.3) is 0 Å². The summed E-state index contributed by atoms with van der Waals surface area (Å²) in [6.07, 6.45) is 1.61. The van der Waals surface area contributed by atoms with Crippen molar-refractivity contribution in [3.8, 4) is 0 Å². The highest BCUT2D eigenvalue weighted by molar-refractivity contribution is 7.99. The average Bonchev–Trinajstić information content (AvgIpc) is 2.48. The van der Waals surface area contributed by atoms with E-state index in [1.165, 1.54) is 28.3 Å². The lowest BCUT2D eigenvalue weighted by atomic mass is 10.5. The summed E-state index contributed by atoms with van der Waals surface area (Å²) in [5.41, 5.74) is 5.05. The van der Waals surface area contributed by atoms with E-state index in [9.17, 15) is 13.2 Å². The Kier molecular flexibility index (Phi) is 5.57. The quantitative estimate of drug-likeness (QED) is 0.740. The van der Waals surface area contributed by atoms with E-state index in [1.807, 2.05) is 0 Å². The molecule has 1 fully saturated rings. The van der Waals surface area contributed by atoms with Crippen molar-refractivity contribution in [2.75, 3.05) is 32.1 Å². The van der Waals surface area contributed by atoms with Crippen LogP contribution in [0.3, 0.4) is 0 Å². The molecule has 0 spiro atoms. The number of aromatic nitrogens is 1. The third-order valence-corrected chi connectivity index (χ3v) is 5.74. The summed E-state index contributed by atoms with van der Waals surface area (Å²) in [7, 11) is -3.51. The molecule has 1 aliphatic rings. The van der Waals surface area contributed by atoms with Crippen molar-refractivity contribution in [3.63, 3.8) is 0 Å². The number of rotatable bonds is 6. The fourth-order valence-electron chi connectivity index (χ4n) is 1.80. The SMILES string of the molecule is NC(=O)CCSc1ccc(S(=O)(=O)N2CCOCC2)cn1. The first-order chi connectivity index (χ1) is 10.00. The Labute approximate surface area is 127 Å². The smallest absolute Gasteiger partial charge is 0.244 e. The molecule has 1 amide bonds. The number of pyridine rings is 1. The Morgan fingerprint density at radius 2 is 2.10 bits per heavy atom. The molecule has 0 saturated carbocycles. The van der Waals surface area contributed by atoms with Gasteiger partial charge in [-0.05, 0) is 12.1 Å². The predicted molar refractivity (Wildman–Crippen MR) is 78.4 cm³/mol. The number of amides is 1. The van der Waals surface area contributed by atoms with Crippen molar-refractivity contribution in [2.45, 2.75) is 16.3 Å². The zero-order chi connectivity index (χ0) is 15.3. The molecule has 116 valence electrons. The first-order valence-electron chi connectivity index (χ1n) is 6.45. The molecule has 7 nitrogen and oxygen atoms in total. The first kappa shape index (κ1) is 16.2. The van der Waals surface area contributed by atoms with Crippen molar-refractivity contribution in [3.05, 3.63) is 18.3 Å². The molecule has 0 bridgehead atoms. The largest absolute Gasteiger partial charge is 0.379 e. The fraction of sp³-hybridized carbons (Fsp3) is 0.500. The molecule has 1 aromatic rings. The van der Waals surface area contributed by atoms with Gasteiger partial charge in [0.05, 0.1) is 18.2 Å². The van der Waals surface area contributed by atoms with Gasteiger partial charge in [-0.3, -0.25) is 4.79 Å². The average molecular weight is 331 g/mol. The van der Waals surface area contributed by atoms with E-state index in [0.717, 1.165) is 0 Å². The summed E-state index contributed by atoms with van der Waals surface area (Å²) in [6, 6.07) is 3.17. The number of nitrogens with two attached hydrogens (primary N) is 1. The summed E-state index contributed by atoms with van der Waals surface area (Å²) in [5.74, 6) is 0.159. The highest BCUT2D eigenvalue weighted by atomic mass is 32.2. The van der Waals surface area contributed by atoms with Gasteiger partial charge in [0, 0.05) is 31.5 Å². The molecule has 1 aromatic heterocycles. The number of carbonyl (C=O) groups excluding carboxylic acids is 1. The lowest BCUT2D eigenvalue weighted by Crippen LogP contribution is -2.40. The standard InChI is InChI=1S/C12H17N3O4S2/c13-11(16)3-8-20-12-2-1-10(9-14-12)21(17,18)15-4-6-19-7-5-15/h1-2,9H,3-8H2,(H2,13,16). The lowest BCUT2D eigenvalue weighted by molar-refractivity contribution is -0.117. The second kappa shape index (κ2) is 7.21. The molecule has 0 aromatic carbocycles. The van der Waals surface area contributed by atoms with Crippen LogP contribution in [0.5, 0.6) is 0 Å². The summed E-state index contributed by atoms with van der Waals surface area (Å²) < 4.78 is 31.3. The third-order valence-electron chi connectivity index (χ3n) is 2.92. The molecule has 21 heavy (non-hydrogen) atoms. The maximum Gasteiger partial charge on any atom is 0.244 e. The molecule has 2 N–H and O–H groups in total. The van der Waals surface area contributed by atoms with Gasteiger partial charge in [-0.2, -0.15) is 4.31 Å². The molecule has 2 rings (SSSR count). The topological polar surface area (TPSA) is 103 Å². The van der Waals surface area contributed by atoms with Crippen LogP contribution in [0, 0.1) is 0 Å². The molecular formula is C12H17N3O4S2. The van der Waals surface area contributed by atoms with E-state index < -0.39 is 10.0 Å². The second-order valence-electron chi connectivity index (χ2n) is 4.41. The number of ether oxygens (including phenoxy) is 1. The van der Waals surface area contributed by atoms with Gasteiger partial charge in [-0.25, -0.2) is 13.4 Å². The molecule has 0 unspecified atom stereocenters. The minimum absolute atomic E-state index is 0.170. The van der Waals surface area contributed by atoms with Crippen molar-refractivity contribution >= 4 is 27.7 Å². The van der Waals surface area contributed by atoms with Crippen LogP contribution in [-0.4, -0.2) is 55.7 Å². The second-order valence-corrected chi connectivity index (χ2v) is 7.47. The van der Waals surface area contributed by atoms with Crippen LogP contribution < -0.4 is 5.73 Å². The Morgan fingerprint density at radius 3 is 2.67 bits per heavy atom. The van der Waals surface area contributed by atoms with Crippen LogP contribution in [0.1, 0.15) is 6.42 Å². The van der Waals surface area contributed by atoms with E-state index >= 15 is 0 Å². The first-order valence-corrected chi connectivity index (χ1v) is 8.88. The predicted octanol–water partition coefficient (Wildman–Crippen LogP) is 0.0700. The van der Waals surface area contributed by atoms with Gasteiger partial charge in [0.2, 0.25) is 15.9 Å². The summed E-state index contributed by atoms with van der Waals surface area (Å²) in [5, 5.41) is 0.664. The Bertz CT molecular complexity index is 583. The highest BCUT2D eigenvalue weighted by Gasteiger charge is 2.26. The van der Waals surface area contributed by atoms with Crippen molar-refractivity contribution in [2.24, 2.45) is 5.73 Å². The van der Waals surface area contributed by atoms with Crippen LogP contribution >= 0.6 is 11.8 Å². The van der Waals surface area contributed by atoms with Crippen LogP contribution in [0.2, 0.25) is 0 Å². The van der Waals surface area contributed by atoms with Gasteiger partial charge in [0.25, 0.3) is 0 Å². The third kappa shape index (κ3) is 4.40. The molecule has 1 saturated heterocycles. The zero-order valence-electron chi connectivity index (χ0n) is 11.4. The highest BCUT2D eigenvalue weighted by Crippen LogP contribution is 2.20. The summed E-state index contributed by atoms with van der Waals surface area (Å²) >= 11 is 1.36. The van der Waals surface area contributed by atoms with Gasteiger partial charge >= 0.3 is 0 Å². The molecule has 0 atom stereocenters. The van der Waals surface area contributed by atoms with Crippen molar-refractivity contribution in [1.82, 2.24) is 9.29 Å². The lowest BCUT2D eigenvalue weighted by Gasteiger charge is -2.25. The number of sulfonamides is 1. The van der Waals surface area contributed by atoms with Gasteiger partial charge in [0.1, 0.15) is 4.90 Å². The minimum atomic E-state index is -3.51. The molecular weight excluding hydrogens is 314 g/mol. The number of primary amides is 1. The van der Waals surface area contributed by atoms with Gasteiger partial charge in [-0.1, -0.05) is 0 Å². The molecule has 9 heteroatoms. The summed E-state index contributed by atoms with van der Waals surface area (Å²) in [4.78, 5) is 14.9. The number of carbonyl (C=O) groups is 1. The number of thioether (sulfide) groups is 1. The Morgan fingerprint density at radius 1 is 1.38 bits per heavy atom. The van der Waals surface area contributed by atoms with Gasteiger partial charge < -0.3 is 10.5 Å². The van der Waals surface area contributed by atoms with E-state index in [2.05, 4.69) is 4.98 Å². The van der Waals surface area contributed by atoms with E-state index in [0.29, 0.717) is 37.1 Å². The number of hydrogen-bond donors (Lipinski definition) is 1.